The van der Waals surface area contributed by atoms with E-state index in [9.17, 15) is 0 Å². The Morgan fingerprint density at radius 3 is 1.70 bits per heavy atom. The Bertz CT molecular complexity index is 293. The van der Waals surface area contributed by atoms with E-state index in [-0.39, 0.29) is 0 Å². The van der Waals surface area contributed by atoms with Gasteiger partial charge in [-0.1, -0.05) is 41.5 Å². The van der Waals surface area contributed by atoms with E-state index in [4.69, 9.17) is 0 Å². The highest BCUT2D eigenvalue weighted by Crippen LogP contribution is 2.19. The van der Waals surface area contributed by atoms with Gasteiger partial charge in [0.1, 0.15) is 0 Å². The van der Waals surface area contributed by atoms with Gasteiger partial charge in [0.2, 0.25) is 0 Å². The summed E-state index contributed by atoms with van der Waals surface area (Å²) in [6.07, 6.45) is 5.23. The van der Waals surface area contributed by atoms with Crippen LogP contribution in [0.15, 0.2) is 0 Å². The molecular weight excluding hydrogens is 282 g/mol. The van der Waals surface area contributed by atoms with Crippen molar-refractivity contribution < 1.29 is 0 Å². The second-order valence-corrected chi connectivity index (χ2v) is 9.76. The third-order valence-corrected chi connectivity index (χ3v) is 4.77. The minimum absolute atomic E-state index is 0.458. The third kappa shape index (κ3) is 12.0. The van der Waals surface area contributed by atoms with E-state index in [1.165, 1.54) is 71.5 Å². The van der Waals surface area contributed by atoms with Crippen molar-refractivity contribution >= 4 is 0 Å². The van der Waals surface area contributed by atoms with Crippen LogP contribution in [-0.4, -0.2) is 62.2 Å². The highest BCUT2D eigenvalue weighted by atomic mass is 15.3. The van der Waals surface area contributed by atoms with Crippen molar-refractivity contribution in [3.63, 3.8) is 0 Å². The average molecular weight is 326 g/mol. The van der Waals surface area contributed by atoms with Crippen molar-refractivity contribution in [2.45, 2.75) is 67.2 Å². The van der Waals surface area contributed by atoms with Gasteiger partial charge in [0.25, 0.3) is 0 Å². The Balaban J connectivity index is 1.96. The SMILES string of the molecule is CC(C)(C)CCNCCCCN1CCN(CCC(C)(C)C)CC1. The van der Waals surface area contributed by atoms with Gasteiger partial charge in [-0.2, -0.15) is 0 Å². The van der Waals surface area contributed by atoms with Crippen LogP contribution in [0.3, 0.4) is 0 Å². The summed E-state index contributed by atoms with van der Waals surface area (Å²) in [5.41, 5.74) is 0.927. The fraction of sp³-hybridized carbons (Fsp3) is 1.00. The standard InChI is InChI=1S/C20H43N3/c1-19(2,3)9-12-21-11-7-8-13-22-15-17-23(18-16-22)14-10-20(4,5)6/h21H,7-18H2,1-6H3. The first-order valence-corrected chi connectivity index (χ1v) is 9.81. The lowest BCUT2D eigenvalue weighted by molar-refractivity contribution is 0.120. The van der Waals surface area contributed by atoms with Gasteiger partial charge in [0, 0.05) is 26.2 Å². The maximum atomic E-state index is 3.59. The second-order valence-electron chi connectivity index (χ2n) is 9.76. The number of nitrogens with one attached hydrogen (secondary N) is 1. The zero-order valence-corrected chi connectivity index (χ0v) is 16.9. The molecule has 0 saturated carbocycles. The Labute approximate surface area is 146 Å². The molecule has 0 atom stereocenters. The van der Waals surface area contributed by atoms with Crippen molar-refractivity contribution in [3.8, 4) is 0 Å². The summed E-state index contributed by atoms with van der Waals surface area (Å²) in [5, 5.41) is 3.59. The summed E-state index contributed by atoms with van der Waals surface area (Å²) in [7, 11) is 0. The molecule has 0 radical (unpaired) electrons. The minimum atomic E-state index is 0.458. The molecule has 1 saturated heterocycles. The number of nitrogens with zero attached hydrogens (tertiary/aromatic N) is 2. The summed E-state index contributed by atoms with van der Waals surface area (Å²) in [6.45, 7) is 23.9. The molecule has 3 nitrogen and oxygen atoms in total. The summed E-state index contributed by atoms with van der Waals surface area (Å²) < 4.78 is 0. The van der Waals surface area contributed by atoms with Crippen LogP contribution in [0, 0.1) is 10.8 Å². The molecule has 1 fully saturated rings. The molecule has 0 aromatic rings. The van der Waals surface area contributed by atoms with Crippen molar-refractivity contribution in [2.24, 2.45) is 10.8 Å². The Kier molecular flexibility index (Phi) is 9.10. The molecule has 0 aromatic heterocycles. The summed E-state index contributed by atoms with van der Waals surface area (Å²) in [4.78, 5) is 5.30. The largest absolute Gasteiger partial charge is 0.317 e. The van der Waals surface area contributed by atoms with E-state index in [1.807, 2.05) is 0 Å². The highest BCUT2D eigenvalue weighted by molar-refractivity contribution is 4.74. The molecule has 0 aliphatic carbocycles. The molecule has 1 heterocycles. The topological polar surface area (TPSA) is 18.5 Å². The molecule has 1 rings (SSSR count). The Morgan fingerprint density at radius 1 is 0.652 bits per heavy atom. The first kappa shape index (κ1) is 20.9. The first-order valence-electron chi connectivity index (χ1n) is 9.81. The van der Waals surface area contributed by atoms with Crippen LogP contribution in [0.1, 0.15) is 67.2 Å². The van der Waals surface area contributed by atoms with Gasteiger partial charge in [0.05, 0.1) is 0 Å². The van der Waals surface area contributed by atoms with Gasteiger partial charge in [0.15, 0.2) is 0 Å². The van der Waals surface area contributed by atoms with E-state index >= 15 is 0 Å². The molecule has 0 amide bonds. The molecule has 0 aromatic carbocycles. The van der Waals surface area contributed by atoms with Crippen molar-refractivity contribution in [3.05, 3.63) is 0 Å². The average Bonchev–Trinajstić information content (AvgIpc) is 2.43. The van der Waals surface area contributed by atoms with E-state index in [1.54, 1.807) is 0 Å². The summed E-state index contributed by atoms with van der Waals surface area (Å²) >= 11 is 0. The predicted molar refractivity (Wildman–Crippen MR) is 103 cm³/mol. The zero-order valence-electron chi connectivity index (χ0n) is 16.9. The fourth-order valence-electron chi connectivity index (χ4n) is 2.90. The van der Waals surface area contributed by atoms with Crippen LogP contribution in [0.5, 0.6) is 0 Å². The van der Waals surface area contributed by atoms with Crippen molar-refractivity contribution in [1.29, 1.82) is 0 Å². The number of unbranched alkanes of at least 4 members (excludes halogenated alkanes) is 1. The number of piperazine rings is 1. The maximum absolute atomic E-state index is 3.59. The normalized spacial score (nSPS) is 18.5. The van der Waals surface area contributed by atoms with Gasteiger partial charge >= 0.3 is 0 Å². The van der Waals surface area contributed by atoms with Gasteiger partial charge in [-0.15, -0.1) is 0 Å². The van der Waals surface area contributed by atoms with Crippen molar-refractivity contribution in [1.82, 2.24) is 15.1 Å². The zero-order chi connectivity index (χ0) is 17.3. The van der Waals surface area contributed by atoms with E-state index < -0.39 is 0 Å². The number of rotatable bonds is 9. The minimum Gasteiger partial charge on any atom is -0.317 e. The van der Waals surface area contributed by atoms with Crippen LogP contribution in [0.2, 0.25) is 0 Å². The molecule has 3 heteroatoms. The molecule has 0 bridgehead atoms. The maximum Gasteiger partial charge on any atom is 0.0110 e. The lowest BCUT2D eigenvalue weighted by Crippen LogP contribution is -2.47. The monoisotopic (exact) mass is 325 g/mol. The molecule has 0 unspecified atom stereocenters. The van der Waals surface area contributed by atoms with Crippen LogP contribution >= 0.6 is 0 Å². The molecule has 1 aliphatic rings. The molecule has 138 valence electrons. The number of hydrogen-bond donors (Lipinski definition) is 1. The van der Waals surface area contributed by atoms with E-state index in [0.29, 0.717) is 10.8 Å². The molecule has 23 heavy (non-hydrogen) atoms. The molecule has 1 aliphatic heterocycles. The van der Waals surface area contributed by atoms with Crippen LogP contribution < -0.4 is 5.32 Å². The molecule has 0 spiro atoms. The van der Waals surface area contributed by atoms with Gasteiger partial charge < -0.3 is 15.1 Å². The van der Waals surface area contributed by atoms with E-state index in [2.05, 4.69) is 56.7 Å². The van der Waals surface area contributed by atoms with E-state index in [0.717, 1.165) is 6.54 Å². The lowest BCUT2D eigenvalue weighted by atomic mass is 9.92. The smallest absolute Gasteiger partial charge is 0.0110 e. The molecule has 1 N–H and O–H groups in total. The van der Waals surface area contributed by atoms with Crippen molar-refractivity contribution in [2.75, 3.05) is 52.4 Å². The number of hydrogen-bond acceptors (Lipinski definition) is 3. The fourth-order valence-corrected chi connectivity index (χ4v) is 2.90. The van der Waals surface area contributed by atoms with Gasteiger partial charge in [-0.05, 0) is 62.7 Å². The quantitative estimate of drug-likeness (QED) is 0.650. The second kappa shape index (κ2) is 10.0. The van der Waals surface area contributed by atoms with Gasteiger partial charge in [-0.3, -0.25) is 0 Å². The van der Waals surface area contributed by atoms with Crippen LogP contribution in [0.25, 0.3) is 0 Å². The Hall–Kier alpha value is -0.120. The van der Waals surface area contributed by atoms with Gasteiger partial charge in [-0.25, -0.2) is 0 Å². The lowest BCUT2D eigenvalue weighted by Gasteiger charge is -2.36. The Morgan fingerprint density at radius 2 is 1.17 bits per heavy atom. The first-order chi connectivity index (χ1) is 10.7. The summed E-state index contributed by atoms with van der Waals surface area (Å²) in [6, 6.07) is 0. The summed E-state index contributed by atoms with van der Waals surface area (Å²) in [5.74, 6) is 0. The van der Waals surface area contributed by atoms with Crippen LogP contribution in [0.4, 0.5) is 0 Å². The molecular formula is C20H43N3. The van der Waals surface area contributed by atoms with Crippen LogP contribution in [-0.2, 0) is 0 Å². The predicted octanol–water partition coefficient (Wildman–Crippen LogP) is 3.85. The highest BCUT2D eigenvalue weighted by Gasteiger charge is 2.18. The third-order valence-electron chi connectivity index (χ3n) is 4.77.